The Balaban J connectivity index is 1.60. The van der Waals surface area contributed by atoms with Crippen molar-refractivity contribution in [3.63, 3.8) is 0 Å². The zero-order valence-corrected chi connectivity index (χ0v) is 15.1. The first-order valence-electron chi connectivity index (χ1n) is 8.19. The molecule has 2 N–H and O–H groups in total. The molecule has 0 atom stereocenters. The van der Waals surface area contributed by atoms with E-state index in [9.17, 15) is 0 Å². The van der Waals surface area contributed by atoms with Crippen LogP contribution in [0.2, 0.25) is 5.02 Å². The van der Waals surface area contributed by atoms with Gasteiger partial charge in [-0.1, -0.05) is 30.9 Å². The fourth-order valence-electron chi connectivity index (χ4n) is 2.68. The Labute approximate surface area is 148 Å². The summed E-state index contributed by atoms with van der Waals surface area (Å²) in [5.41, 5.74) is 0.840. The molecule has 1 aromatic carbocycles. The van der Waals surface area contributed by atoms with Crippen LogP contribution in [0, 0.1) is 0 Å². The van der Waals surface area contributed by atoms with Crippen molar-refractivity contribution >= 4 is 34.6 Å². The molecule has 0 spiro atoms. The minimum Gasteiger partial charge on any atom is -0.495 e. The number of hydrogen-bond acceptors (Lipinski definition) is 3. The van der Waals surface area contributed by atoms with Gasteiger partial charge in [0, 0.05) is 18.8 Å². The highest BCUT2D eigenvalue weighted by Gasteiger charge is 2.12. The molecule has 0 aliphatic heterocycles. The summed E-state index contributed by atoms with van der Waals surface area (Å²) in [6.07, 6.45) is 7.81. The fourth-order valence-corrected chi connectivity index (χ4v) is 3.15. The first-order valence-corrected chi connectivity index (χ1v) is 8.97. The maximum Gasteiger partial charge on any atom is 0.170 e. The number of thiocarbonyl (C=S) groups is 1. The lowest BCUT2D eigenvalue weighted by molar-refractivity contribution is 0.0277. The lowest BCUT2D eigenvalue weighted by Crippen LogP contribution is -2.30. The van der Waals surface area contributed by atoms with Crippen LogP contribution < -0.4 is 15.4 Å². The van der Waals surface area contributed by atoms with E-state index in [2.05, 4.69) is 10.6 Å². The molecule has 0 bridgehead atoms. The summed E-state index contributed by atoms with van der Waals surface area (Å²) in [6.45, 7) is 1.58. The predicted molar refractivity (Wildman–Crippen MR) is 99.7 cm³/mol. The molecule has 0 unspecified atom stereocenters. The summed E-state index contributed by atoms with van der Waals surface area (Å²) >= 11 is 11.4. The molecule has 0 heterocycles. The standard InChI is InChI=1S/C17H25ClN2O2S/c1-21-16-9-8-13(12-15(16)18)20-17(23)19-10-5-11-22-14-6-3-2-4-7-14/h8-9,12,14H,2-7,10-11H2,1H3,(H2,19,20,23). The van der Waals surface area contributed by atoms with E-state index in [1.54, 1.807) is 13.2 Å². The minimum absolute atomic E-state index is 0.468. The van der Waals surface area contributed by atoms with Gasteiger partial charge in [-0.15, -0.1) is 0 Å². The molecule has 1 fully saturated rings. The van der Waals surface area contributed by atoms with Crippen molar-refractivity contribution in [2.75, 3.05) is 25.6 Å². The molecule has 0 radical (unpaired) electrons. The van der Waals surface area contributed by atoms with E-state index in [1.807, 2.05) is 12.1 Å². The van der Waals surface area contributed by atoms with Crippen LogP contribution in [0.15, 0.2) is 18.2 Å². The van der Waals surface area contributed by atoms with Gasteiger partial charge in [0.2, 0.25) is 0 Å². The minimum atomic E-state index is 0.468. The maximum absolute atomic E-state index is 6.09. The van der Waals surface area contributed by atoms with Crippen molar-refractivity contribution in [2.24, 2.45) is 0 Å². The highest BCUT2D eigenvalue weighted by atomic mass is 35.5. The first-order chi connectivity index (χ1) is 11.2. The van der Waals surface area contributed by atoms with E-state index in [-0.39, 0.29) is 0 Å². The van der Waals surface area contributed by atoms with Crippen LogP contribution in [0.4, 0.5) is 5.69 Å². The molecule has 1 aromatic rings. The van der Waals surface area contributed by atoms with Gasteiger partial charge in [0.15, 0.2) is 5.11 Å². The third-order valence-electron chi connectivity index (χ3n) is 3.92. The van der Waals surface area contributed by atoms with Crippen LogP contribution >= 0.6 is 23.8 Å². The van der Waals surface area contributed by atoms with Crippen LogP contribution in [0.1, 0.15) is 38.5 Å². The van der Waals surface area contributed by atoms with E-state index in [0.717, 1.165) is 25.3 Å². The van der Waals surface area contributed by atoms with Crippen LogP contribution in [-0.2, 0) is 4.74 Å². The Kier molecular flexibility index (Phi) is 7.92. The van der Waals surface area contributed by atoms with Gasteiger partial charge in [0.1, 0.15) is 5.75 Å². The van der Waals surface area contributed by atoms with E-state index in [4.69, 9.17) is 33.3 Å². The summed E-state index contributed by atoms with van der Waals surface area (Å²) in [6, 6.07) is 5.48. The van der Waals surface area contributed by atoms with Gasteiger partial charge in [-0.25, -0.2) is 0 Å². The summed E-state index contributed by atoms with van der Waals surface area (Å²) in [7, 11) is 1.59. The van der Waals surface area contributed by atoms with Crippen molar-refractivity contribution in [3.05, 3.63) is 23.2 Å². The number of hydrogen-bond donors (Lipinski definition) is 2. The second-order valence-corrected chi connectivity index (χ2v) is 6.53. The predicted octanol–water partition coefficient (Wildman–Crippen LogP) is 4.37. The Morgan fingerprint density at radius 1 is 1.30 bits per heavy atom. The Bertz CT molecular complexity index is 507. The molecular weight excluding hydrogens is 332 g/mol. The van der Waals surface area contributed by atoms with Gasteiger partial charge in [-0.05, 0) is 49.7 Å². The average molecular weight is 357 g/mol. The van der Waals surface area contributed by atoms with Crippen LogP contribution in [0.25, 0.3) is 0 Å². The van der Waals surface area contributed by atoms with E-state index in [0.29, 0.717) is 22.0 Å². The molecule has 6 heteroatoms. The summed E-state index contributed by atoms with van der Waals surface area (Å²) < 4.78 is 11.0. The number of ether oxygens (including phenoxy) is 2. The Morgan fingerprint density at radius 3 is 2.78 bits per heavy atom. The van der Waals surface area contributed by atoms with Gasteiger partial charge in [-0.2, -0.15) is 0 Å². The van der Waals surface area contributed by atoms with Gasteiger partial charge in [0.25, 0.3) is 0 Å². The molecule has 0 saturated heterocycles. The zero-order valence-electron chi connectivity index (χ0n) is 13.6. The molecule has 4 nitrogen and oxygen atoms in total. The van der Waals surface area contributed by atoms with E-state index in [1.165, 1.54) is 32.1 Å². The number of anilines is 1. The zero-order chi connectivity index (χ0) is 16.5. The molecule has 0 aromatic heterocycles. The largest absolute Gasteiger partial charge is 0.495 e. The van der Waals surface area contributed by atoms with E-state index < -0.39 is 0 Å². The summed E-state index contributed by atoms with van der Waals surface area (Å²) in [5.74, 6) is 0.649. The van der Waals surface area contributed by atoms with Crippen molar-refractivity contribution in [1.82, 2.24) is 5.32 Å². The second kappa shape index (κ2) is 9.96. The molecule has 1 aliphatic carbocycles. The highest BCUT2D eigenvalue weighted by molar-refractivity contribution is 7.80. The molecule has 1 saturated carbocycles. The third-order valence-corrected chi connectivity index (χ3v) is 4.46. The van der Waals surface area contributed by atoms with Crippen molar-refractivity contribution in [3.8, 4) is 5.75 Å². The lowest BCUT2D eigenvalue weighted by Gasteiger charge is -2.22. The Hall–Kier alpha value is -1.04. The maximum atomic E-state index is 6.09. The molecule has 2 rings (SSSR count). The molecule has 0 amide bonds. The smallest absolute Gasteiger partial charge is 0.170 e. The third kappa shape index (κ3) is 6.53. The summed E-state index contributed by atoms with van der Waals surface area (Å²) in [5, 5.41) is 7.44. The van der Waals surface area contributed by atoms with Crippen LogP contribution in [-0.4, -0.2) is 31.5 Å². The summed E-state index contributed by atoms with van der Waals surface area (Å²) in [4.78, 5) is 0. The first kappa shape index (κ1) is 18.3. The number of rotatable bonds is 7. The number of benzene rings is 1. The molecule has 23 heavy (non-hydrogen) atoms. The van der Waals surface area contributed by atoms with Crippen molar-refractivity contribution in [1.29, 1.82) is 0 Å². The average Bonchev–Trinajstić information content (AvgIpc) is 2.56. The quantitative estimate of drug-likeness (QED) is 0.560. The normalized spacial score (nSPS) is 15.2. The highest BCUT2D eigenvalue weighted by Crippen LogP contribution is 2.27. The molecular formula is C17H25ClN2O2S. The molecule has 1 aliphatic rings. The van der Waals surface area contributed by atoms with Crippen LogP contribution in [0.3, 0.4) is 0 Å². The Morgan fingerprint density at radius 2 is 2.09 bits per heavy atom. The van der Waals surface area contributed by atoms with Crippen molar-refractivity contribution in [2.45, 2.75) is 44.6 Å². The van der Waals surface area contributed by atoms with Crippen molar-refractivity contribution < 1.29 is 9.47 Å². The van der Waals surface area contributed by atoms with Gasteiger partial charge in [-0.3, -0.25) is 0 Å². The topological polar surface area (TPSA) is 42.5 Å². The van der Waals surface area contributed by atoms with Crippen LogP contribution in [0.5, 0.6) is 5.75 Å². The van der Waals surface area contributed by atoms with Gasteiger partial charge in [0.05, 0.1) is 18.2 Å². The number of halogens is 1. The van der Waals surface area contributed by atoms with Gasteiger partial charge < -0.3 is 20.1 Å². The van der Waals surface area contributed by atoms with E-state index >= 15 is 0 Å². The SMILES string of the molecule is COc1ccc(NC(=S)NCCCOC2CCCCC2)cc1Cl. The number of nitrogens with one attached hydrogen (secondary N) is 2. The monoisotopic (exact) mass is 356 g/mol. The molecule has 128 valence electrons. The lowest BCUT2D eigenvalue weighted by atomic mass is 9.98. The van der Waals surface area contributed by atoms with Gasteiger partial charge >= 0.3 is 0 Å². The fraction of sp³-hybridized carbons (Fsp3) is 0.588. The number of methoxy groups -OCH3 is 1. The second-order valence-electron chi connectivity index (χ2n) is 5.71.